The third-order valence-electron chi connectivity index (χ3n) is 8.11. The maximum Gasteiger partial charge on any atom is 0.255 e. The number of anilines is 1. The Kier molecular flexibility index (Phi) is 7.10. The van der Waals surface area contributed by atoms with Crippen LogP contribution in [0.2, 0.25) is 0 Å². The molecule has 0 radical (unpaired) electrons. The quantitative estimate of drug-likeness (QED) is 0.378. The van der Waals surface area contributed by atoms with Gasteiger partial charge in [0.1, 0.15) is 17.3 Å². The van der Waals surface area contributed by atoms with E-state index in [9.17, 15) is 13.6 Å². The molecule has 1 N–H and O–H groups in total. The van der Waals surface area contributed by atoms with Crippen LogP contribution >= 0.6 is 0 Å². The van der Waals surface area contributed by atoms with Crippen LogP contribution in [0.5, 0.6) is 0 Å². The Bertz CT molecular complexity index is 1480. The van der Waals surface area contributed by atoms with Gasteiger partial charge in [0.15, 0.2) is 5.65 Å². The molecule has 3 heterocycles. The Morgan fingerprint density at radius 3 is 2.56 bits per heavy atom. The van der Waals surface area contributed by atoms with Crippen LogP contribution in [0.1, 0.15) is 58.3 Å². The molecule has 0 bridgehead atoms. The van der Waals surface area contributed by atoms with Crippen LogP contribution in [0, 0.1) is 11.6 Å². The lowest BCUT2D eigenvalue weighted by molar-refractivity contribution is 0.102. The first kappa shape index (κ1) is 25.6. The lowest BCUT2D eigenvalue weighted by Gasteiger charge is -2.32. The first-order valence-electron chi connectivity index (χ1n) is 13.5. The molecule has 6 rings (SSSR count). The van der Waals surface area contributed by atoms with Crippen LogP contribution < -0.4 is 5.32 Å². The summed E-state index contributed by atoms with van der Waals surface area (Å²) in [6.07, 6.45) is 5.90. The topological polar surface area (TPSA) is 65.8 Å². The molecule has 4 aromatic rings. The SMILES string of the molecule is CN1CCN(Cc2ccc(C(=O)Nc3cnn4ccc(C5CCC[C@@H]5c5cc(F)ccc5F)nc34)cc2)CC1. The highest BCUT2D eigenvalue weighted by molar-refractivity contribution is 6.05. The van der Waals surface area contributed by atoms with Crippen LogP contribution in [0.3, 0.4) is 0 Å². The van der Waals surface area contributed by atoms with E-state index in [4.69, 9.17) is 4.98 Å². The van der Waals surface area contributed by atoms with Crippen molar-refractivity contribution in [3.05, 3.63) is 94.9 Å². The molecule has 2 aliphatic rings. The van der Waals surface area contributed by atoms with Crippen molar-refractivity contribution in [1.29, 1.82) is 0 Å². The van der Waals surface area contributed by atoms with Crippen molar-refractivity contribution < 1.29 is 13.6 Å². The minimum absolute atomic E-state index is 0.0439. The highest BCUT2D eigenvalue weighted by Gasteiger charge is 2.33. The number of fused-ring (bicyclic) bond motifs is 1. The molecule has 1 unspecified atom stereocenters. The fraction of sp³-hybridized carbons (Fsp3) is 0.367. The number of benzene rings is 2. The van der Waals surface area contributed by atoms with Crippen molar-refractivity contribution in [2.75, 3.05) is 38.5 Å². The number of aromatic nitrogens is 3. The monoisotopic (exact) mass is 530 g/mol. The molecule has 1 aliphatic heterocycles. The second-order valence-electron chi connectivity index (χ2n) is 10.7. The molecule has 2 fully saturated rings. The summed E-state index contributed by atoms with van der Waals surface area (Å²) < 4.78 is 30.1. The van der Waals surface area contributed by atoms with Gasteiger partial charge < -0.3 is 10.2 Å². The lowest BCUT2D eigenvalue weighted by Crippen LogP contribution is -2.43. The molecular weight excluding hydrogens is 498 g/mol. The van der Waals surface area contributed by atoms with Crippen molar-refractivity contribution >= 4 is 17.2 Å². The Balaban J connectivity index is 1.18. The number of amides is 1. The third-order valence-corrected chi connectivity index (χ3v) is 8.11. The third kappa shape index (κ3) is 5.42. The van der Waals surface area contributed by atoms with Gasteiger partial charge in [-0.3, -0.25) is 9.69 Å². The number of rotatable bonds is 6. The molecule has 2 aromatic heterocycles. The van der Waals surface area contributed by atoms with Crippen molar-refractivity contribution in [3.63, 3.8) is 0 Å². The largest absolute Gasteiger partial charge is 0.317 e. The highest BCUT2D eigenvalue weighted by Crippen LogP contribution is 2.46. The number of halogens is 2. The summed E-state index contributed by atoms with van der Waals surface area (Å²) in [5.41, 5.74) is 3.97. The normalized spacial score (nSPS) is 20.5. The second kappa shape index (κ2) is 10.8. The van der Waals surface area contributed by atoms with Crippen molar-refractivity contribution in [1.82, 2.24) is 24.4 Å². The summed E-state index contributed by atoms with van der Waals surface area (Å²) >= 11 is 0. The van der Waals surface area contributed by atoms with Crippen LogP contribution in [-0.2, 0) is 6.54 Å². The molecule has 0 spiro atoms. The first-order valence-corrected chi connectivity index (χ1v) is 13.5. The zero-order valence-electron chi connectivity index (χ0n) is 22.0. The highest BCUT2D eigenvalue weighted by atomic mass is 19.1. The fourth-order valence-corrected chi connectivity index (χ4v) is 5.88. The molecule has 7 nitrogen and oxygen atoms in total. The van der Waals surface area contributed by atoms with Gasteiger partial charge in [0.2, 0.25) is 0 Å². The zero-order chi connectivity index (χ0) is 26.9. The van der Waals surface area contributed by atoms with E-state index in [1.807, 2.05) is 30.3 Å². The van der Waals surface area contributed by atoms with E-state index in [-0.39, 0.29) is 23.6 Å². The van der Waals surface area contributed by atoms with E-state index >= 15 is 0 Å². The molecular formula is C30H32F2N6O. The Labute approximate surface area is 226 Å². The lowest BCUT2D eigenvalue weighted by atomic mass is 9.86. The van der Waals surface area contributed by atoms with Crippen LogP contribution in [0.15, 0.2) is 60.9 Å². The first-order chi connectivity index (χ1) is 18.9. The second-order valence-corrected chi connectivity index (χ2v) is 10.7. The number of piperazine rings is 1. The molecule has 2 aromatic carbocycles. The van der Waals surface area contributed by atoms with E-state index in [0.29, 0.717) is 22.5 Å². The summed E-state index contributed by atoms with van der Waals surface area (Å²) in [7, 11) is 2.14. The molecule has 1 aliphatic carbocycles. The fourth-order valence-electron chi connectivity index (χ4n) is 5.88. The number of hydrogen-bond donors (Lipinski definition) is 1. The van der Waals surface area contributed by atoms with E-state index in [2.05, 4.69) is 27.3 Å². The number of hydrogen-bond acceptors (Lipinski definition) is 5. The standard InChI is InChI=1S/C30H32F2N6O/c1-36-13-15-37(16-14-36)19-20-5-7-21(8-6-20)30(39)35-28-18-33-38-12-11-27(34-29(28)38)24-4-2-3-23(24)25-17-22(31)9-10-26(25)32/h5-12,17-18,23-24H,2-4,13-16,19H2,1H3,(H,35,39)/t23-,24?/m0/s1. The number of nitrogens with zero attached hydrogens (tertiary/aromatic N) is 5. The Hall–Kier alpha value is -3.69. The number of carbonyl (C=O) groups is 1. The van der Waals surface area contributed by atoms with Crippen molar-refractivity contribution in [2.24, 2.45) is 0 Å². The van der Waals surface area contributed by atoms with Gasteiger partial charge in [-0.15, -0.1) is 0 Å². The van der Waals surface area contributed by atoms with Crippen molar-refractivity contribution in [2.45, 2.75) is 37.6 Å². The number of carbonyl (C=O) groups excluding carboxylic acids is 1. The zero-order valence-corrected chi connectivity index (χ0v) is 22.0. The maximum atomic E-state index is 14.6. The summed E-state index contributed by atoms with van der Waals surface area (Å²) in [5, 5.41) is 7.30. The molecule has 202 valence electrons. The van der Waals surface area contributed by atoms with Crippen LogP contribution in [0.25, 0.3) is 5.65 Å². The molecule has 9 heteroatoms. The predicted octanol–water partition coefficient (Wildman–Crippen LogP) is 5.06. The van der Waals surface area contributed by atoms with Gasteiger partial charge in [0.05, 0.1) is 6.20 Å². The van der Waals surface area contributed by atoms with E-state index < -0.39 is 5.82 Å². The Morgan fingerprint density at radius 2 is 1.77 bits per heavy atom. The smallest absolute Gasteiger partial charge is 0.255 e. The minimum atomic E-state index is -0.436. The average molecular weight is 531 g/mol. The van der Waals surface area contributed by atoms with Gasteiger partial charge in [0.25, 0.3) is 5.91 Å². The minimum Gasteiger partial charge on any atom is -0.317 e. The van der Waals surface area contributed by atoms with Crippen LogP contribution in [-0.4, -0.2) is 63.5 Å². The maximum absolute atomic E-state index is 14.6. The molecule has 1 saturated carbocycles. The number of likely N-dealkylation sites (N-methyl/N-ethyl adjacent to an activating group) is 1. The van der Waals surface area contributed by atoms with Gasteiger partial charge in [0, 0.05) is 56.1 Å². The van der Waals surface area contributed by atoms with E-state index in [1.54, 1.807) is 16.9 Å². The van der Waals surface area contributed by atoms with E-state index in [0.717, 1.165) is 63.7 Å². The summed E-state index contributed by atoms with van der Waals surface area (Å²) in [6, 6.07) is 13.2. The van der Waals surface area contributed by atoms with Gasteiger partial charge in [-0.05, 0) is 73.3 Å². The molecule has 1 amide bonds. The summed E-state index contributed by atoms with van der Waals surface area (Å²) in [4.78, 5) is 22.7. The van der Waals surface area contributed by atoms with Crippen molar-refractivity contribution in [3.8, 4) is 0 Å². The summed E-state index contributed by atoms with van der Waals surface area (Å²) in [5.74, 6) is -1.25. The molecule has 2 atom stereocenters. The number of nitrogens with one attached hydrogen (secondary N) is 1. The van der Waals surface area contributed by atoms with Gasteiger partial charge >= 0.3 is 0 Å². The molecule has 39 heavy (non-hydrogen) atoms. The van der Waals surface area contributed by atoms with Gasteiger partial charge in [-0.2, -0.15) is 5.10 Å². The van der Waals surface area contributed by atoms with Gasteiger partial charge in [-0.25, -0.2) is 18.3 Å². The summed E-state index contributed by atoms with van der Waals surface area (Å²) in [6.45, 7) is 5.10. The van der Waals surface area contributed by atoms with Gasteiger partial charge in [-0.1, -0.05) is 18.6 Å². The average Bonchev–Trinajstić information content (AvgIpc) is 3.59. The Morgan fingerprint density at radius 1 is 1.00 bits per heavy atom. The molecule has 1 saturated heterocycles. The van der Waals surface area contributed by atoms with Crippen LogP contribution in [0.4, 0.5) is 14.5 Å². The van der Waals surface area contributed by atoms with E-state index in [1.165, 1.54) is 17.7 Å². The predicted molar refractivity (Wildman–Crippen MR) is 146 cm³/mol.